The summed E-state index contributed by atoms with van der Waals surface area (Å²) >= 11 is 6.14. The Hall–Kier alpha value is -4.35. The highest BCUT2D eigenvalue weighted by Crippen LogP contribution is 2.31. The molecule has 0 aliphatic heterocycles. The molecule has 0 atom stereocenters. The number of ether oxygens (including phenoxy) is 1. The molecule has 0 aliphatic carbocycles. The van der Waals surface area contributed by atoms with E-state index >= 15 is 0 Å². The molecule has 0 bridgehead atoms. The number of aromatic hydroxyl groups is 1. The van der Waals surface area contributed by atoms with Crippen molar-refractivity contribution in [1.82, 2.24) is 10.3 Å². The van der Waals surface area contributed by atoms with Crippen molar-refractivity contribution in [3.8, 4) is 28.4 Å². The van der Waals surface area contributed by atoms with E-state index in [0.29, 0.717) is 34.1 Å². The Morgan fingerprint density at radius 2 is 1.71 bits per heavy atom. The molecule has 0 saturated heterocycles. The minimum Gasteiger partial charge on any atom is -0.506 e. The maximum Gasteiger partial charge on any atom is 0.251 e. The maximum atomic E-state index is 12.8. The lowest BCUT2D eigenvalue weighted by Gasteiger charge is -2.10. The number of benzene rings is 4. The van der Waals surface area contributed by atoms with E-state index in [0.717, 1.165) is 22.1 Å². The van der Waals surface area contributed by atoms with Crippen LogP contribution in [0, 0.1) is 0 Å². The van der Waals surface area contributed by atoms with Gasteiger partial charge in [0, 0.05) is 23.7 Å². The number of hydrogen-bond acceptors (Lipinski definition) is 4. The van der Waals surface area contributed by atoms with Crippen molar-refractivity contribution >= 4 is 28.4 Å². The zero-order chi connectivity index (χ0) is 24.2. The van der Waals surface area contributed by atoms with E-state index < -0.39 is 0 Å². The number of halogens is 1. The summed E-state index contributed by atoms with van der Waals surface area (Å²) in [6, 6.07) is 29.4. The number of fused-ring (bicyclic) bond motifs is 1. The standard InChI is InChI=1S/C29H21ClN2O3/c30-25-8-1-2-9-27(25)35-24-12-10-19(11-13-24)18-32-29(34)22-6-3-5-20(15-22)23-16-21-7-4-14-31-28(21)26(33)17-23/h1-17,33H,18H2,(H,32,34). The molecule has 35 heavy (non-hydrogen) atoms. The Kier molecular flexibility index (Phi) is 6.33. The van der Waals surface area contributed by atoms with Crippen molar-refractivity contribution in [2.75, 3.05) is 0 Å². The monoisotopic (exact) mass is 480 g/mol. The minimum atomic E-state index is -0.185. The third-order valence-corrected chi connectivity index (χ3v) is 5.90. The van der Waals surface area contributed by atoms with Crippen LogP contribution in [0.1, 0.15) is 15.9 Å². The number of aromatic nitrogens is 1. The molecule has 4 aromatic carbocycles. The Balaban J connectivity index is 1.26. The van der Waals surface area contributed by atoms with Crippen LogP contribution in [0.5, 0.6) is 17.2 Å². The summed E-state index contributed by atoms with van der Waals surface area (Å²) in [5.41, 5.74) is 3.67. The van der Waals surface area contributed by atoms with Crippen LogP contribution in [-0.4, -0.2) is 16.0 Å². The Labute approximate surface area is 207 Å². The van der Waals surface area contributed by atoms with Crippen LogP contribution in [0.3, 0.4) is 0 Å². The zero-order valence-electron chi connectivity index (χ0n) is 18.6. The highest BCUT2D eigenvalue weighted by atomic mass is 35.5. The third kappa shape index (κ3) is 5.10. The molecule has 0 saturated carbocycles. The predicted octanol–water partition coefficient (Wildman–Crippen LogP) is 6.98. The minimum absolute atomic E-state index is 0.106. The van der Waals surface area contributed by atoms with Gasteiger partial charge in [-0.2, -0.15) is 0 Å². The molecule has 1 amide bonds. The first kappa shape index (κ1) is 22.4. The van der Waals surface area contributed by atoms with Crippen LogP contribution >= 0.6 is 11.6 Å². The molecule has 0 fully saturated rings. The molecule has 2 N–H and O–H groups in total. The lowest BCUT2D eigenvalue weighted by atomic mass is 10.0. The molecule has 0 unspecified atom stereocenters. The Bertz CT molecular complexity index is 1520. The number of phenolic OH excluding ortho intramolecular Hbond substituents is 1. The smallest absolute Gasteiger partial charge is 0.251 e. The van der Waals surface area contributed by atoms with Crippen LogP contribution in [0.4, 0.5) is 0 Å². The number of hydrogen-bond donors (Lipinski definition) is 2. The van der Waals surface area contributed by atoms with Crippen molar-refractivity contribution in [3.05, 3.63) is 119 Å². The van der Waals surface area contributed by atoms with Gasteiger partial charge < -0.3 is 15.2 Å². The van der Waals surface area contributed by atoms with Gasteiger partial charge in [0.15, 0.2) is 0 Å². The summed E-state index contributed by atoms with van der Waals surface area (Å²) < 4.78 is 5.81. The lowest BCUT2D eigenvalue weighted by Crippen LogP contribution is -2.22. The van der Waals surface area contributed by atoms with Crippen LogP contribution in [-0.2, 0) is 6.54 Å². The average molecular weight is 481 g/mol. The van der Waals surface area contributed by atoms with E-state index in [2.05, 4.69) is 10.3 Å². The number of rotatable bonds is 6. The number of nitrogens with one attached hydrogen (secondary N) is 1. The third-order valence-electron chi connectivity index (χ3n) is 5.58. The first-order valence-electron chi connectivity index (χ1n) is 11.0. The molecule has 5 rings (SSSR count). The van der Waals surface area contributed by atoms with Gasteiger partial charge in [0.1, 0.15) is 22.8 Å². The number of carbonyl (C=O) groups excluding carboxylic acids is 1. The van der Waals surface area contributed by atoms with Gasteiger partial charge >= 0.3 is 0 Å². The number of amides is 1. The first-order chi connectivity index (χ1) is 17.1. The van der Waals surface area contributed by atoms with E-state index in [9.17, 15) is 9.90 Å². The van der Waals surface area contributed by atoms with Crippen molar-refractivity contribution in [3.63, 3.8) is 0 Å². The summed E-state index contributed by atoms with van der Waals surface area (Å²) in [6.07, 6.45) is 1.64. The van der Waals surface area contributed by atoms with Crippen molar-refractivity contribution in [1.29, 1.82) is 0 Å². The molecule has 1 aromatic heterocycles. The molecule has 5 nitrogen and oxygen atoms in total. The molecule has 172 valence electrons. The number of carbonyl (C=O) groups is 1. The summed E-state index contributed by atoms with van der Waals surface area (Å²) in [4.78, 5) is 17.0. The molecular weight excluding hydrogens is 460 g/mol. The van der Waals surface area contributed by atoms with Gasteiger partial charge in [-0.3, -0.25) is 9.78 Å². The number of pyridine rings is 1. The topological polar surface area (TPSA) is 71.5 Å². The normalized spacial score (nSPS) is 10.8. The van der Waals surface area contributed by atoms with Crippen molar-refractivity contribution in [2.24, 2.45) is 0 Å². The van der Waals surface area contributed by atoms with E-state index in [1.165, 1.54) is 0 Å². The highest BCUT2D eigenvalue weighted by molar-refractivity contribution is 6.32. The second-order valence-electron chi connectivity index (χ2n) is 8.01. The molecule has 6 heteroatoms. The summed E-state index contributed by atoms with van der Waals surface area (Å²) in [7, 11) is 0. The van der Waals surface area contributed by atoms with Gasteiger partial charge in [-0.15, -0.1) is 0 Å². The second kappa shape index (κ2) is 9.87. The van der Waals surface area contributed by atoms with Crippen molar-refractivity contribution in [2.45, 2.75) is 6.54 Å². The number of nitrogens with zero attached hydrogens (tertiary/aromatic N) is 1. The van der Waals surface area contributed by atoms with Gasteiger partial charge in [0.05, 0.1) is 5.02 Å². The average Bonchev–Trinajstić information content (AvgIpc) is 2.89. The van der Waals surface area contributed by atoms with Gasteiger partial charge in [0.2, 0.25) is 0 Å². The zero-order valence-corrected chi connectivity index (χ0v) is 19.4. The van der Waals surface area contributed by atoms with Gasteiger partial charge in [-0.1, -0.05) is 54.1 Å². The van der Waals surface area contributed by atoms with E-state index in [-0.39, 0.29) is 11.7 Å². The van der Waals surface area contributed by atoms with Crippen LogP contribution in [0.15, 0.2) is 103 Å². The van der Waals surface area contributed by atoms with E-state index in [4.69, 9.17) is 16.3 Å². The summed E-state index contributed by atoms with van der Waals surface area (Å²) in [6.45, 7) is 0.373. The first-order valence-corrected chi connectivity index (χ1v) is 11.4. The fourth-order valence-corrected chi connectivity index (χ4v) is 3.97. The molecular formula is C29H21ClN2O3. The fourth-order valence-electron chi connectivity index (χ4n) is 3.79. The molecule has 1 heterocycles. The van der Waals surface area contributed by atoms with Gasteiger partial charge in [-0.05, 0) is 71.3 Å². The largest absolute Gasteiger partial charge is 0.506 e. The summed E-state index contributed by atoms with van der Waals surface area (Å²) in [5.74, 6) is 1.17. The summed E-state index contributed by atoms with van der Waals surface area (Å²) in [5, 5.41) is 14.7. The van der Waals surface area contributed by atoms with Gasteiger partial charge in [-0.25, -0.2) is 0 Å². The van der Waals surface area contributed by atoms with Crippen LogP contribution in [0.2, 0.25) is 5.02 Å². The second-order valence-corrected chi connectivity index (χ2v) is 8.42. The Morgan fingerprint density at radius 3 is 2.54 bits per heavy atom. The molecule has 5 aromatic rings. The molecule has 0 spiro atoms. The molecule has 0 aliphatic rings. The van der Waals surface area contributed by atoms with Crippen molar-refractivity contribution < 1.29 is 14.6 Å². The predicted molar refractivity (Wildman–Crippen MR) is 138 cm³/mol. The van der Waals surface area contributed by atoms with Gasteiger partial charge in [0.25, 0.3) is 5.91 Å². The van der Waals surface area contributed by atoms with Crippen LogP contribution < -0.4 is 10.1 Å². The highest BCUT2D eigenvalue weighted by Gasteiger charge is 2.10. The number of para-hydroxylation sites is 1. The lowest BCUT2D eigenvalue weighted by molar-refractivity contribution is 0.0951. The van der Waals surface area contributed by atoms with Crippen LogP contribution in [0.25, 0.3) is 22.0 Å². The van der Waals surface area contributed by atoms with E-state index in [1.807, 2.05) is 72.8 Å². The van der Waals surface area contributed by atoms with E-state index in [1.54, 1.807) is 30.5 Å². The molecule has 0 radical (unpaired) electrons. The number of phenols is 1. The Morgan fingerprint density at radius 1 is 0.886 bits per heavy atom. The quantitative estimate of drug-likeness (QED) is 0.275. The fraction of sp³-hybridized carbons (Fsp3) is 0.0345. The maximum absolute atomic E-state index is 12.8. The SMILES string of the molecule is O=C(NCc1ccc(Oc2ccccc2Cl)cc1)c1cccc(-c2cc(O)c3ncccc3c2)c1.